The number of rotatable bonds is 10. The van der Waals surface area contributed by atoms with Crippen LogP contribution in [-0.2, 0) is 19.4 Å². The molecule has 0 spiro atoms. The highest BCUT2D eigenvalue weighted by molar-refractivity contribution is 5.83. The molecule has 0 aliphatic heterocycles. The number of ether oxygens (including phenoxy) is 2. The van der Waals surface area contributed by atoms with Crippen molar-refractivity contribution in [1.82, 2.24) is 15.0 Å². The van der Waals surface area contributed by atoms with Crippen LogP contribution in [0.25, 0.3) is 22.5 Å². The second kappa shape index (κ2) is 11.4. The van der Waals surface area contributed by atoms with E-state index in [1.54, 1.807) is 0 Å². The van der Waals surface area contributed by atoms with Crippen LogP contribution in [-0.4, -0.2) is 28.2 Å². The molecule has 5 nitrogen and oxygen atoms in total. The molecule has 5 heteroatoms. The first-order valence-electron chi connectivity index (χ1n) is 13.3. The molecule has 1 aliphatic rings. The molecule has 5 rings (SSSR count). The first-order chi connectivity index (χ1) is 17.8. The standard InChI is InChI=1S/C31H35N3O2/c1-3-5-18-35-26-14-16-28-24(20-26)12-13-25-21-27(36-19-6-4-2)15-17-29(25)31-30(28)32-33-34(31)22-23-10-8-7-9-11-23/h7-11,14-17,20-21H,3-6,12-13,18-19,22H2,1-2H3. The summed E-state index contributed by atoms with van der Waals surface area (Å²) in [7, 11) is 0. The van der Waals surface area contributed by atoms with Gasteiger partial charge in [-0.3, -0.25) is 0 Å². The Morgan fingerprint density at radius 1 is 0.750 bits per heavy atom. The smallest absolute Gasteiger partial charge is 0.121 e. The fourth-order valence-corrected chi connectivity index (χ4v) is 4.76. The zero-order chi connectivity index (χ0) is 24.7. The van der Waals surface area contributed by atoms with Crippen LogP contribution in [0.2, 0.25) is 0 Å². The predicted octanol–water partition coefficient (Wildman–Crippen LogP) is 7.12. The van der Waals surface area contributed by atoms with Crippen LogP contribution in [0.3, 0.4) is 0 Å². The van der Waals surface area contributed by atoms with E-state index in [-0.39, 0.29) is 0 Å². The molecule has 0 saturated heterocycles. The molecule has 0 radical (unpaired) electrons. The number of aromatic nitrogens is 3. The van der Waals surface area contributed by atoms with Crippen molar-refractivity contribution in [3.63, 3.8) is 0 Å². The molecule has 1 aliphatic carbocycles. The van der Waals surface area contributed by atoms with Crippen molar-refractivity contribution in [3.8, 4) is 34.0 Å². The molecule has 1 heterocycles. The van der Waals surface area contributed by atoms with E-state index in [9.17, 15) is 0 Å². The molecular weight excluding hydrogens is 446 g/mol. The Morgan fingerprint density at radius 3 is 2.00 bits per heavy atom. The first-order valence-corrected chi connectivity index (χ1v) is 13.3. The number of hydrogen-bond acceptors (Lipinski definition) is 4. The maximum Gasteiger partial charge on any atom is 0.121 e. The van der Waals surface area contributed by atoms with Gasteiger partial charge in [0.2, 0.25) is 0 Å². The minimum atomic E-state index is 0.672. The largest absolute Gasteiger partial charge is 0.494 e. The number of hydrogen-bond donors (Lipinski definition) is 0. The number of nitrogens with zero attached hydrogens (tertiary/aromatic N) is 3. The van der Waals surface area contributed by atoms with Crippen molar-refractivity contribution in [2.45, 2.75) is 58.9 Å². The molecule has 0 bridgehead atoms. The lowest BCUT2D eigenvalue weighted by Crippen LogP contribution is -2.08. The van der Waals surface area contributed by atoms with E-state index in [1.807, 2.05) is 10.7 Å². The highest BCUT2D eigenvalue weighted by atomic mass is 16.5. The van der Waals surface area contributed by atoms with Crippen molar-refractivity contribution in [3.05, 3.63) is 83.4 Å². The van der Waals surface area contributed by atoms with E-state index >= 15 is 0 Å². The van der Waals surface area contributed by atoms with Crippen molar-refractivity contribution in [2.75, 3.05) is 13.2 Å². The number of unbranched alkanes of at least 4 members (excludes halogenated alkanes) is 2. The van der Waals surface area contributed by atoms with E-state index in [0.29, 0.717) is 6.54 Å². The van der Waals surface area contributed by atoms with Gasteiger partial charge in [-0.2, -0.15) is 0 Å². The maximum absolute atomic E-state index is 6.07. The zero-order valence-corrected chi connectivity index (χ0v) is 21.4. The molecule has 0 atom stereocenters. The summed E-state index contributed by atoms with van der Waals surface area (Å²) in [6, 6.07) is 23.4. The fourth-order valence-electron chi connectivity index (χ4n) is 4.76. The van der Waals surface area contributed by atoms with Gasteiger partial charge in [-0.15, -0.1) is 5.10 Å². The van der Waals surface area contributed by atoms with E-state index in [1.165, 1.54) is 22.3 Å². The molecule has 3 aromatic carbocycles. The van der Waals surface area contributed by atoms with Crippen molar-refractivity contribution in [1.29, 1.82) is 0 Å². The Hall–Kier alpha value is -3.60. The minimum Gasteiger partial charge on any atom is -0.494 e. The Bertz CT molecular complexity index is 1300. The van der Waals surface area contributed by atoms with Crippen LogP contribution < -0.4 is 9.47 Å². The minimum absolute atomic E-state index is 0.672. The van der Waals surface area contributed by atoms with Gasteiger partial charge in [0.15, 0.2) is 0 Å². The number of aryl methyl sites for hydroxylation is 2. The second-order valence-corrected chi connectivity index (χ2v) is 9.47. The Morgan fingerprint density at radius 2 is 1.36 bits per heavy atom. The third-order valence-corrected chi connectivity index (χ3v) is 6.77. The molecule has 186 valence electrons. The molecule has 0 saturated carbocycles. The van der Waals surface area contributed by atoms with Crippen molar-refractivity contribution >= 4 is 0 Å². The normalized spacial score (nSPS) is 12.2. The maximum atomic E-state index is 6.07. The average molecular weight is 482 g/mol. The third-order valence-electron chi connectivity index (χ3n) is 6.77. The van der Waals surface area contributed by atoms with E-state index in [4.69, 9.17) is 14.6 Å². The Labute approximate surface area is 214 Å². The van der Waals surface area contributed by atoms with Gasteiger partial charge in [-0.25, -0.2) is 4.68 Å². The Balaban J connectivity index is 1.57. The Kier molecular flexibility index (Phi) is 7.65. The van der Waals surface area contributed by atoms with Crippen molar-refractivity contribution in [2.24, 2.45) is 0 Å². The van der Waals surface area contributed by atoms with Crippen LogP contribution >= 0.6 is 0 Å². The summed E-state index contributed by atoms with van der Waals surface area (Å²) < 4.78 is 14.1. The fraction of sp³-hybridized carbons (Fsp3) is 0.355. The molecule has 0 amide bonds. The van der Waals surface area contributed by atoms with Crippen LogP contribution in [0, 0.1) is 0 Å². The highest BCUT2D eigenvalue weighted by Crippen LogP contribution is 2.40. The molecule has 0 N–H and O–H groups in total. The summed E-state index contributed by atoms with van der Waals surface area (Å²) in [6.45, 7) is 6.53. The second-order valence-electron chi connectivity index (χ2n) is 9.47. The average Bonchev–Trinajstić information content (AvgIpc) is 3.30. The summed E-state index contributed by atoms with van der Waals surface area (Å²) >= 11 is 0. The van der Waals surface area contributed by atoms with Gasteiger partial charge in [-0.1, -0.05) is 62.2 Å². The summed E-state index contributed by atoms with van der Waals surface area (Å²) in [4.78, 5) is 0. The number of benzene rings is 3. The summed E-state index contributed by atoms with van der Waals surface area (Å²) in [6.07, 6.45) is 6.20. The lowest BCUT2D eigenvalue weighted by atomic mass is 9.89. The summed E-state index contributed by atoms with van der Waals surface area (Å²) in [5.41, 5.74) is 8.04. The predicted molar refractivity (Wildman–Crippen MR) is 145 cm³/mol. The van der Waals surface area contributed by atoms with Gasteiger partial charge in [-0.05, 0) is 78.8 Å². The molecule has 36 heavy (non-hydrogen) atoms. The third kappa shape index (κ3) is 5.30. The van der Waals surface area contributed by atoms with Gasteiger partial charge in [0.25, 0.3) is 0 Å². The monoisotopic (exact) mass is 481 g/mol. The molecule has 0 unspecified atom stereocenters. The molecule has 0 fully saturated rings. The van der Waals surface area contributed by atoms with E-state index < -0.39 is 0 Å². The van der Waals surface area contributed by atoms with E-state index in [2.05, 4.69) is 79.7 Å². The molecule has 4 aromatic rings. The summed E-state index contributed by atoms with van der Waals surface area (Å²) in [5.74, 6) is 1.86. The lowest BCUT2D eigenvalue weighted by molar-refractivity contribution is 0.309. The first kappa shape index (κ1) is 24.1. The SMILES string of the molecule is CCCCOc1ccc2c(c1)CCc1cc(OCCCC)ccc1-c1c-2nnn1Cc1ccccc1. The van der Waals surface area contributed by atoms with Crippen LogP contribution in [0.5, 0.6) is 11.5 Å². The van der Waals surface area contributed by atoms with Gasteiger partial charge in [0.1, 0.15) is 17.2 Å². The van der Waals surface area contributed by atoms with Gasteiger partial charge < -0.3 is 9.47 Å². The van der Waals surface area contributed by atoms with Crippen LogP contribution in [0.1, 0.15) is 56.2 Å². The zero-order valence-electron chi connectivity index (χ0n) is 21.4. The summed E-state index contributed by atoms with van der Waals surface area (Å²) in [5, 5.41) is 9.37. The van der Waals surface area contributed by atoms with Gasteiger partial charge >= 0.3 is 0 Å². The van der Waals surface area contributed by atoms with E-state index in [0.717, 1.165) is 80.2 Å². The highest BCUT2D eigenvalue weighted by Gasteiger charge is 2.24. The van der Waals surface area contributed by atoms with Crippen molar-refractivity contribution < 1.29 is 9.47 Å². The lowest BCUT2D eigenvalue weighted by Gasteiger charge is -2.20. The quantitative estimate of drug-likeness (QED) is 0.226. The van der Waals surface area contributed by atoms with Gasteiger partial charge in [0, 0.05) is 11.1 Å². The molecule has 1 aromatic heterocycles. The number of fused-ring (bicyclic) bond motifs is 5. The topological polar surface area (TPSA) is 49.2 Å². The van der Waals surface area contributed by atoms with Crippen LogP contribution in [0.15, 0.2) is 66.7 Å². The van der Waals surface area contributed by atoms with Crippen LogP contribution in [0.4, 0.5) is 0 Å². The van der Waals surface area contributed by atoms with Gasteiger partial charge in [0.05, 0.1) is 25.5 Å². The molecular formula is C31H35N3O2.